The van der Waals surface area contributed by atoms with Gasteiger partial charge in [0.1, 0.15) is 0 Å². The summed E-state index contributed by atoms with van der Waals surface area (Å²) in [6, 6.07) is 10.6. The van der Waals surface area contributed by atoms with Crippen molar-refractivity contribution in [3.8, 4) is 0 Å². The Labute approximate surface area is 95.2 Å². The Hall–Kier alpha value is -0.460. The molecule has 0 amide bonds. The second kappa shape index (κ2) is 10.1. The van der Waals surface area contributed by atoms with Crippen molar-refractivity contribution in [3.63, 3.8) is 0 Å². The van der Waals surface area contributed by atoms with Gasteiger partial charge in [-0.05, 0) is 24.8 Å². The highest BCUT2D eigenvalue weighted by atomic mass is 80.0. The van der Waals surface area contributed by atoms with E-state index in [0.29, 0.717) is 0 Å². The first-order chi connectivity index (χ1) is 7.16. The van der Waals surface area contributed by atoms with Crippen molar-refractivity contribution >= 4 is 0 Å². The molecule has 0 aliphatic carbocycles. The summed E-state index contributed by atoms with van der Waals surface area (Å²) in [5.74, 6) is 0. The number of rotatable bonds is 4. The summed E-state index contributed by atoms with van der Waals surface area (Å²) in [5, 5.41) is 0. The van der Waals surface area contributed by atoms with Crippen LogP contribution in [0, 0.1) is 14.8 Å². The zero-order chi connectivity index (χ0) is 11.5. The van der Waals surface area contributed by atoms with Crippen molar-refractivity contribution in [3.05, 3.63) is 35.9 Å². The van der Waals surface area contributed by atoms with Crippen LogP contribution in [-0.2, 0) is 6.42 Å². The molecule has 0 aliphatic rings. The fourth-order valence-electron chi connectivity index (χ4n) is 1.15. The van der Waals surface area contributed by atoms with E-state index in [1.165, 1.54) is 24.8 Å². The third kappa shape index (κ3) is 11.5. The number of benzene rings is 1. The summed E-state index contributed by atoms with van der Waals surface area (Å²) >= 11 is -3.65. The molecule has 0 saturated carbocycles. The van der Waals surface area contributed by atoms with Crippen LogP contribution in [0.1, 0.15) is 18.4 Å². The Morgan fingerprint density at radius 1 is 1.00 bits per heavy atom. The van der Waals surface area contributed by atoms with Gasteiger partial charge in [0.05, 0.1) is 6.54 Å². The SMILES string of the molecule is [NH3+]CCCCc1ccccc1.[O-][Br+2]([O-])[O-]. The van der Waals surface area contributed by atoms with Crippen LogP contribution in [0.2, 0.25) is 0 Å². The summed E-state index contributed by atoms with van der Waals surface area (Å²) in [6.45, 7) is 1.06. The van der Waals surface area contributed by atoms with Crippen molar-refractivity contribution in [1.82, 2.24) is 0 Å². The Morgan fingerprint density at radius 2 is 1.53 bits per heavy atom. The second-order valence-corrected chi connectivity index (χ2v) is 3.78. The van der Waals surface area contributed by atoms with E-state index in [4.69, 9.17) is 12.6 Å². The molecule has 86 valence electrons. The highest BCUT2D eigenvalue weighted by Gasteiger charge is 1.90. The lowest BCUT2D eigenvalue weighted by Gasteiger charge is -1.97. The van der Waals surface area contributed by atoms with Gasteiger partial charge in [0.15, 0.2) is 0 Å². The zero-order valence-corrected chi connectivity index (χ0v) is 10.1. The molecule has 4 nitrogen and oxygen atoms in total. The molecule has 0 unspecified atom stereocenters. The number of hydrogen-bond donors (Lipinski definition) is 1. The Bertz CT molecular complexity index is 229. The van der Waals surface area contributed by atoms with E-state index in [0.717, 1.165) is 6.54 Å². The highest BCUT2D eigenvalue weighted by molar-refractivity contribution is 5.14. The first-order valence-corrected chi connectivity index (χ1v) is 6.67. The van der Waals surface area contributed by atoms with Crippen LogP contribution in [0.4, 0.5) is 0 Å². The summed E-state index contributed by atoms with van der Waals surface area (Å²) in [4.78, 5) is 0. The van der Waals surface area contributed by atoms with Gasteiger partial charge >= 0.3 is 0 Å². The highest BCUT2D eigenvalue weighted by Crippen LogP contribution is 2.02. The summed E-state index contributed by atoms with van der Waals surface area (Å²) in [5.41, 5.74) is 5.26. The minimum atomic E-state index is -3.65. The maximum Gasteiger partial charge on any atom is 0.216 e. The molecule has 1 aromatic carbocycles. The lowest BCUT2D eigenvalue weighted by molar-refractivity contribution is -1.73. The summed E-state index contributed by atoms with van der Waals surface area (Å²) in [7, 11) is 0. The topological polar surface area (TPSA) is 96.8 Å². The lowest BCUT2D eigenvalue weighted by atomic mass is 10.1. The Kier molecular flexibility index (Phi) is 9.76. The fraction of sp³-hybridized carbons (Fsp3) is 0.400. The second-order valence-electron chi connectivity index (χ2n) is 2.99. The molecule has 0 radical (unpaired) electrons. The standard InChI is InChI=1S/C10H15N.BrO3/c11-9-5-4-8-10-6-2-1-3-7-10;2-1(3)4/h1-3,6-7H,4-5,8-9,11H2;/q;-1/p+1. The quantitative estimate of drug-likeness (QED) is 0.626. The maximum atomic E-state index is 8.52. The van der Waals surface area contributed by atoms with Crippen LogP contribution in [0.3, 0.4) is 0 Å². The first-order valence-electron chi connectivity index (χ1n) is 4.73. The summed E-state index contributed by atoms with van der Waals surface area (Å²) in [6.07, 6.45) is 3.72. The molecule has 0 aromatic heterocycles. The number of aryl methyl sites for hydroxylation is 1. The Morgan fingerprint density at radius 3 is 2.00 bits per heavy atom. The third-order valence-electron chi connectivity index (χ3n) is 1.81. The monoisotopic (exact) mass is 277 g/mol. The summed E-state index contributed by atoms with van der Waals surface area (Å²) < 4.78 is 25.6. The number of quaternary nitrogens is 1. The average Bonchev–Trinajstić information content (AvgIpc) is 2.19. The van der Waals surface area contributed by atoms with Crippen LogP contribution in [0.25, 0.3) is 0 Å². The molecule has 0 spiro atoms. The van der Waals surface area contributed by atoms with Gasteiger partial charge in [-0.2, -0.15) is 0 Å². The van der Waals surface area contributed by atoms with E-state index >= 15 is 0 Å². The van der Waals surface area contributed by atoms with Crippen molar-refractivity contribution in [2.45, 2.75) is 19.3 Å². The predicted molar refractivity (Wildman–Crippen MR) is 47.1 cm³/mol. The van der Waals surface area contributed by atoms with Crippen LogP contribution < -0.4 is 18.3 Å². The van der Waals surface area contributed by atoms with E-state index in [1.54, 1.807) is 0 Å². The molecule has 0 saturated heterocycles. The number of halogens is 1. The molecule has 1 aromatic rings. The largest absolute Gasteiger partial charge is 0.405 e. The molecule has 5 heteroatoms. The van der Waals surface area contributed by atoms with E-state index in [2.05, 4.69) is 36.1 Å². The van der Waals surface area contributed by atoms with Gasteiger partial charge in [0, 0.05) is 0 Å². The van der Waals surface area contributed by atoms with Gasteiger partial charge in [0.2, 0.25) is 14.8 Å². The molecule has 0 aliphatic heterocycles. The number of hydrogen-bond acceptors (Lipinski definition) is 3. The predicted octanol–water partition coefficient (Wildman–Crippen LogP) is -2.32. The Balaban J connectivity index is 0.000000423. The fourth-order valence-corrected chi connectivity index (χ4v) is 1.15. The van der Waals surface area contributed by atoms with Crippen LogP contribution in [0.5, 0.6) is 0 Å². The van der Waals surface area contributed by atoms with Gasteiger partial charge in [-0.25, -0.2) is 0 Å². The molecular weight excluding hydrogens is 262 g/mol. The molecule has 0 heterocycles. The zero-order valence-electron chi connectivity index (χ0n) is 8.52. The minimum absolute atomic E-state index is 1.06. The van der Waals surface area contributed by atoms with E-state index in [9.17, 15) is 0 Å². The average molecular weight is 278 g/mol. The molecule has 3 N–H and O–H groups in total. The minimum Gasteiger partial charge on any atom is -0.405 e. The van der Waals surface area contributed by atoms with Crippen LogP contribution >= 0.6 is 0 Å². The van der Waals surface area contributed by atoms with Crippen molar-refractivity contribution in [2.24, 2.45) is 0 Å². The molecule has 15 heavy (non-hydrogen) atoms. The molecule has 1 rings (SSSR count). The van der Waals surface area contributed by atoms with Gasteiger partial charge < -0.3 is 18.3 Å². The van der Waals surface area contributed by atoms with E-state index in [1.807, 2.05) is 0 Å². The molecule has 0 atom stereocenters. The third-order valence-corrected chi connectivity index (χ3v) is 1.81. The van der Waals surface area contributed by atoms with Crippen molar-refractivity contribution in [2.75, 3.05) is 6.54 Å². The normalized spacial score (nSPS) is 9.67. The van der Waals surface area contributed by atoms with Crippen molar-refractivity contribution in [1.29, 1.82) is 0 Å². The first kappa shape index (κ1) is 14.5. The van der Waals surface area contributed by atoms with Crippen LogP contribution in [-0.4, -0.2) is 6.54 Å². The maximum absolute atomic E-state index is 8.52. The van der Waals surface area contributed by atoms with Gasteiger partial charge in [-0.15, -0.1) is 0 Å². The van der Waals surface area contributed by atoms with Crippen LogP contribution in [0.15, 0.2) is 30.3 Å². The smallest absolute Gasteiger partial charge is 0.216 e. The van der Waals surface area contributed by atoms with Gasteiger partial charge in [-0.1, -0.05) is 30.3 Å². The van der Waals surface area contributed by atoms with E-state index in [-0.39, 0.29) is 0 Å². The molecule has 0 bridgehead atoms. The van der Waals surface area contributed by atoms with Gasteiger partial charge in [0.25, 0.3) is 0 Å². The molecule has 0 fully saturated rings. The lowest BCUT2D eigenvalue weighted by Crippen LogP contribution is -2.50. The van der Waals surface area contributed by atoms with Crippen molar-refractivity contribution < 1.29 is 33.1 Å². The molecular formula is C10H16BrNO3. The van der Waals surface area contributed by atoms with E-state index < -0.39 is 14.8 Å². The number of unbranched alkanes of at least 4 members (excludes halogenated alkanes) is 1. The van der Waals surface area contributed by atoms with Gasteiger partial charge in [-0.3, -0.25) is 0 Å².